The number of para-hydroxylation sites is 1. The van der Waals surface area contributed by atoms with Gasteiger partial charge in [-0.2, -0.15) is 0 Å². The van der Waals surface area contributed by atoms with E-state index in [1.54, 1.807) is 31.2 Å². The lowest BCUT2D eigenvalue weighted by Crippen LogP contribution is -2.70. The zero-order valence-electron chi connectivity index (χ0n) is 19.6. The number of carbonyl (C=O) groups is 3. The highest BCUT2D eigenvalue weighted by Gasteiger charge is 2.55. The van der Waals surface area contributed by atoms with Gasteiger partial charge in [-0.15, -0.1) is 0 Å². The van der Waals surface area contributed by atoms with Gasteiger partial charge in [-0.3, -0.25) is 24.6 Å². The molecule has 2 aromatic carbocycles. The minimum atomic E-state index is -0.832. The quantitative estimate of drug-likeness (QED) is 0.155. The molecule has 0 spiro atoms. The predicted molar refractivity (Wildman–Crippen MR) is 140 cm³/mol. The Morgan fingerprint density at radius 1 is 1.19 bits per heavy atom. The number of esters is 1. The van der Waals surface area contributed by atoms with E-state index in [0.29, 0.717) is 22.2 Å². The van der Waals surface area contributed by atoms with Crippen LogP contribution in [0.1, 0.15) is 12.5 Å². The summed E-state index contributed by atoms with van der Waals surface area (Å²) < 4.78 is 10.9. The van der Waals surface area contributed by atoms with E-state index in [1.165, 1.54) is 40.9 Å². The normalized spacial score (nSPS) is 19.7. The number of carbonyl (C=O) groups excluding carboxylic acids is 3. The highest BCUT2D eigenvalue weighted by atomic mass is 79.9. The van der Waals surface area contributed by atoms with Gasteiger partial charge in [0.2, 0.25) is 0 Å². The molecule has 1 N–H and O–H groups in total. The van der Waals surface area contributed by atoms with Gasteiger partial charge in [0.1, 0.15) is 29.5 Å². The van der Waals surface area contributed by atoms with Crippen molar-refractivity contribution in [1.82, 2.24) is 10.2 Å². The molecule has 0 radical (unpaired) electrons. The van der Waals surface area contributed by atoms with E-state index < -0.39 is 34.1 Å². The number of β-lactam (4-membered cyclic amide) rings is 1. The molecule has 0 bridgehead atoms. The van der Waals surface area contributed by atoms with Crippen LogP contribution in [0.15, 0.2) is 76.8 Å². The number of nitrogens with one attached hydrogen (secondary N) is 1. The Morgan fingerprint density at radius 3 is 2.54 bits per heavy atom. The maximum absolute atomic E-state index is 13.1. The van der Waals surface area contributed by atoms with Crippen molar-refractivity contribution in [1.29, 1.82) is 0 Å². The fourth-order valence-electron chi connectivity index (χ4n) is 3.81. The Morgan fingerprint density at radius 2 is 1.89 bits per heavy atom. The molecule has 0 aliphatic carbocycles. The van der Waals surface area contributed by atoms with Crippen LogP contribution in [0, 0.1) is 10.1 Å². The van der Waals surface area contributed by atoms with E-state index >= 15 is 0 Å². The molecule has 2 amide bonds. The van der Waals surface area contributed by atoms with Crippen molar-refractivity contribution in [3.8, 4) is 5.75 Å². The standard InChI is InChI=1S/C25H22BrN3O7S/c1-15-19(11-12-26)37-24-21(27-20(30)14-35-18-5-3-2-4-6-18)23(31)28(24)22(15)25(32)36-13-16-7-9-17(10-8-16)29(33)34/h2-11,21,24H,12-14H2,1H3,(H,27,30)/t21?,24-/m1/s1. The molecule has 2 aliphatic rings. The van der Waals surface area contributed by atoms with Crippen LogP contribution in [0.3, 0.4) is 0 Å². The number of nitro groups is 1. The molecule has 2 aliphatic heterocycles. The Balaban J connectivity index is 1.44. The molecule has 2 heterocycles. The van der Waals surface area contributed by atoms with E-state index in [2.05, 4.69) is 21.2 Å². The van der Waals surface area contributed by atoms with Gasteiger partial charge in [-0.25, -0.2) is 4.79 Å². The number of ether oxygens (including phenoxy) is 2. The molecule has 4 rings (SSSR count). The number of hydrogen-bond donors (Lipinski definition) is 1. The molecule has 2 aromatic rings. The Bertz CT molecular complexity index is 1280. The molecule has 12 heteroatoms. The summed E-state index contributed by atoms with van der Waals surface area (Å²) in [6, 6.07) is 13.7. The number of hydrogen-bond acceptors (Lipinski definition) is 8. The number of rotatable bonds is 9. The number of fused-ring (bicyclic) bond motifs is 1. The van der Waals surface area contributed by atoms with Crippen LogP contribution < -0.4 is 10.1 Å². The number of non-ortho nitro benzene ring substituents is 1. The van der Waals surface area contributed by atoms with E-state index in [9.17, 15) is 24.5 Å². The zero-order chi connectivity index (χ0) is 26.5. The number of amides is 2. The third kappa shape index (κ3) is 5.86. The topological polar surface area (TPSA) is 128 Å². The molecule has 0 aromatic heterocycles. The first kappa shape index (κ1) is 26.4. The van der Waals surface area contributed by atoms with Crippen LogP contribution in [0.2, 0.25) is 0 Å². The first-order chi connectivity index (χ1) is 17.8. The average Bonchev–Trinajstić information content (AvgIpc) is 2.91. The highest BCUT2D eigenvalue weighted by Crippen LogP contribution is 2.46. The summed E-state index contributed by atoms with van der Waals surface area (Å²) in [6.07, 6.45) is 1.88. The van der Waals surface area contributed by atoms with Crippen molar-refractivity contribution >= 4 is 51.2 Å². The highest BCUT2D eigenvalue weighted by molar-refractivity contribution is 9.09. The maximum Gasteiger partial charge on any atom is 0.355 e. The Labute approximate surface area is 225 Å². The maximum atomic E-state index is 13.1. The second-order valence-electron chi connectivity index (χ2n) is 8.06. The van der Waals surface area contributed by atoms with Crippen molar-refractivity contribution in [2.45, 2.75) is 24.9 Å². The molecule has 37 heavy (non-hydrogen) atoms. The van der Waals surface area contributed by atoms with Gasteiger partial charge in [-0.1, -0.05) is 52.0 Å². The van der Waals surface area contributed by atoms with Crippen LogP contribution in [-0.4, -0.2) is 51.0 Å². The molecular formula is C25H22BrN3O7S. The van der Waals surface area contributed by atoms with E-state index in [1.807, 2.05) is 12.1 Å². The number of nitro benzene ring substituents is 1. The molecule has 1 fully saturated rings. The van der Waals surface area contributed by atoms with Crippen LogP contribution >= 0.6 is 27.7 Å². The summed E-state index contributed by atoms with van der Waals surface area (Å²) in [7, 11) is 0. The van der Waals surface area contributed by atoms with Gasteiger partial charge in [0.25, 0.3) is 17.5 Å². The second kappa shape index (κ2) is 11.6. The molecule has 192 valence electrons. The monoisotopic (exact) mass is 587 g/mol. The summed E-state index contributed by atoms with van der Waals surface area (Å²) in [5.74, 6) is -1.05. The zero-order valence-corrected chi connectivity index (χ0v) is 22.0. The van der Waals surface area contributed by atoms with Gasteiger partial charge in [0, 0.05) is 22.4 Å². The lowest BCUT2D eigenvalue weighted by atomic mass is 10.0. The van der Waals surface area contributed by atoms with Crippen molar-refractivity contribution in [3.63, 3.8) is 0 Å². The molecule has 0 saturated carbocycles. The number of nitrogens with zero attached hydrogens (tertiary/aromatic N) is 2. The minimum Gasteiger partial charge on any atom is -0.484 e. The van der Waals surface area contributed by atoms with Crippen molar-refractivity contribution in [3.05, 3.63) is 92.5 Å². The third-order valence-corrected chi connectivity index (χ3v) is 7.43. The smallest absolute Gasteiger partial charge is 0.355 e. The summed E-state index contributed by atoms with van der Waals surface area (Å²) in [4.78, 5) is 51.0. The molecule has 1 saturated heterocycles. The number of halogens is 1. The largest absolute Gasteiger partial charge is 0.484 e. The van der Waals surface area contributed by atoms with Gasteiger partial charge in [-0.05, 0) is 42.3 Å². The van der Waals surface area contributed by atoms with Crippen molar-refractivity contribution in [2.24, 2.45) is 0 Å². The van der Waals surface area contributed by atoms with E-state index in [4.69, 9.17) is 9.47 Å². The lowest BCUT2D eigenvalue weighted by molar-refractivity contribution is -0.384. The number of allylic oxidation sites excluding steroid dienone is 2. The predicted octanol–water partition coefficient (Wildman–Crippen LogP) is 3.67. The molecule has 1 unspecified atom stereocenters. The summed E-state index contributed by atoms with van der Waals surface area (Å²) in [6.45, 7) is 1.35. The van der Waals surface area contributed by atoms with Crippen molar-refractivity contribution in [2.75, 3.05) is 11.9 Å². The fraction of sp³-hybridized carbons (Fsp3) is 0.240. The summed E-state index contributed by atoms with van der Waals surface area (Å²) in [5.41, 5.74) is 1.18. The van der Waals surface area contributed by atoms with Gasteiger partial charge >= 0.3 is 5.97 Å². The summed E-state index contributed by atoms with van der Waals surface area (Å²) >= 11 is 4.74. The average molecular weight is 588 g/mol. The lowest BCUT2D eigenvalue weighted by Gasteiger charge is -2.50. The Hall–Kier alpha value is -3.64. The number of benzene rings is 2. The summed E-state index contributed by atoms with van der Waals surface area (Å²) in [5, 5.41) is 13.5. The van der Waals surface area contributed by atoms with Crippen LogP contribution in [-0.2, 0) is 25.7 Å². The van der Waals surface area contributed by atoms with Crippen molar-refractivity contribution < 1.29 is 28.8 Å². The molecular weight excluding hydrogens is 566 g/mol. The molecule has 10 nitrogen and oxygen atoms in total. The van der Waals surface area contributed by atoms with Crippen LogP contribution in [0.4, 0.5) is 5.69 Å². The van der Waals surface area contributed by atoms with Crippen LogP contribution in [0.5, 0.6) is 5.75 Å². The van der Waals surface area contributed by atoms with Gasteiger partial charge in [0.05, 0.1) is 4.92 Å². The van der Waals surface area contributed by atoms with E-state index in [-0.39, 0.29) is 24.6 Å². The first-order valence-corrected chi connectivity index (χ1v) is 13.1. The Kier molecular flexibility index (Phi) is 8.29. The number of thioether (sulfide) groups is 1. The molecule has 2 atom stereocenters. The van der Waals surface area contributed by atoms with Gasteiger partial charge in [0.15, 0.2) is 6.61 Å². The third-order valence-electron chi connectivity index (χ3n) is 5.66. The fourth-order valence-corrected chi connectivity index (χ4v) is 5.69. The number of alkyl halides is 1. The SMILES string of the molecule is CC1=C(C(=O)OCc2ccc([N+](=O)[O-])cc2)N2C(=O)C(NC(=O)COc3ccccc3)[C@H]2SC1=CCBr. The second-order valence-corrected chi connectivity index (χ2v) is 9.87. The van der Waals surface area contributed by atoms with Gasteiger partial charge < -0.3 is 14.8 Å². The van der Waals surface area contributed by atoms with Crippen LogP contribution in [0.25, 0.3) is 0 Å². The van der Waals surface area contributed by atoms with E-state index in [0.717, 1.165) is 4.91 Å². The minimum absolute atomic E-state index is 0.0706. The first-order valence-electron chi connectivity index (χ1n) is 11.1.